The molecule has 2 aromatic heterocycles. The normalized spacial score (nSPS) is 11.0. The number of hydrogen-bond donors (Lipinski definition) is 3. The molecule has 6 heteroatoms. The van der Waals surface area contributed by atoms with Gasteiger partial charge >= 0.3 is 0 Å². The lowest BCUT2D eigenvalue weighted by atomic mass is 10.1. The summed E-state index contributed by atoms with van der Waals surface area (Å²) in [5.74, 6) is 0.967. The number of para-hydroxylation sites is 1. The van der Waals surface area contributed by atoms with Gasteiger partial charge in [-0.25, -0.2) is 9.97 Å². The third kappa shape index (κ3) is 4.59. The van der Waals surface area contributed by atoms with Crippen molar-refractivity contribution in [3.8, 4) is 0 Å². The molecule has 0 bridgehead atoms. The molecule has 0 spiro atoms. The molecular weight excluding hydrogens is 326 g/mol. The maximum Gasteiger partial charge on any atom is 0.254 e. The molecule has 0 unspecified atom stereocenters. The van der Waals surface area contributed by atoms with Crippen LogP contribution < -0.4 is 10.6 Å². The van der Waals surface area contributed by atoms with Crippen molar-refractivity contribution in [2.45, 2.75) is 26.7 Å². The van der Waals surface area contributed by atoms with Crippen LogP contribution in [0.1, 0.15) is 36.2 Å². The minimum Gasteiger partial charge on any atom is -0.361 e. The monoisotopic (exact) mass is 351 g/mol. The van der Waals surface area contributed by atoms with E-state index in [-0.39, 0.29) is 5.91 Å². The molecule has 0 fully saturated rings. The van der Waals surface area contributed by atoms with Crippen LogP contribution in [-0.2, 0) is 6.42 Å². The summed E-state index contributed by atoms with van der Waals surface area (Å²) in [6.07, 6.45) is 6.99. The summed E-state index contributed by atoms with van der Waals surface area (Å²) >= 11 is 0. The van der Waals surface area contributed by atoms with Crippen molar-refractivity contribution in [2.24, 2.45) is 5.92 Å². The number of anilines is 1. The fourth-order valence-corrected chi connectivity index (χ4v) is 2.76. The second kappa shape index (κ2) is 8.47. The smallest absolute Gasteiger partial charge is 0.254 e. The highest BCUT2D eigenvalue weighted by Crippen LogP contribution is 2.18. The van der Waals surface area contributed by atoms with E-state index in [1.54, 1.807) is 12.4 Å². The van der Waals surface area contributed by atoms with Crippen LogP contribution >= 0.6 is 0 Å². The van der Waals surface area contributed by atoms with Crippen LogP contribution in [-0.4, -0.2) is 33.9 Å². The maximum atomic E-state index is 12.0. The van der Waals surface area contributed by atoms with Gasteiger partial charge < -0.3 is 15.6 Å². The number of carbonyl (C=O) groups excluding carboxylic acids is 1. The number of rotatable bonds is 8. The zero-order chi connectivity index (χ0) is 18.4. The molecule has 3 rings (SSSR count). The molecule has 136 valence electrons. The SMILES string of the molecule is CC(C)CCNC(=O)c1cnc(NCCc2c[nH]c3ccccc23)nc1. The van der Waals surface area contributed by atoms with E-state index in [0.29, 0.717) is 24.0 Å². The first kappa shape index (κ1) is 17.9. The van der Waals surface area contributed by atoms with Crippen LogP contribution in [0, 0.1) is 5.92 Å². The largest absolute Gasteiger partial charge is 0.361 e. The summed E-state index contributed by atoms with van der Waals surface area (Å²) in [5, 5.41) is 7.33. The molecule has 1 aromatic carbocycles. The molecule has 0 radical (unpaired) electrons. The minimum atomic E-state index is -0.129. The lowest BCUT2D eigenvalue weighted by Gasteiger charge is -2.08. The Labute approximate surface area is 153 Å². The average Bonchev–Trinajstić information content (AvgIpc) is 3.05. The number of aromatic nitrogens is 3. The minimum absolute atomic E-state index is 0.129. The molecule has 0 saturated carbocycles. The van der Waals surface area contributed by atoms with Gasteiger partial charge in [-0.15, -0.1) is 0 Å². The highest BCUT2D eigenvalue weighted by molar-refractivity contribution is 5.93. The van der Waals surface area contributed by atoms with E-state index >= 15 is 0 Å². The Kier molecular flexibility index (Phi) is 5.84. The number of amides is 1. The van der Waals surface area contributed by atoms with Gasteiger partial charge in [-0.2, -0.15) is 0 Å². The van der Waals surface area contributed by atoms with Crippen molar-refractivity contribution in [1.29, 1.82) is 0 Å². The summed E-state index contributed by atoms with van der Waals surface area (Å²) in [7, 11) is 0. The standard InChI is InChI=1S/C20H25N5O/c1-14(2)7-9-21-19(26)16-12-24-20(25-13-16)22-10-8-15-11-23-18-6-4-3-5-17(15)18/h3-6,11-14,23H,7-10H2,1-2H3,(H,21,26)(H,22,24,25). The van der Waals surface area contributed by atoms with Gasteiger partial charge in [0.05, 0.1) is 5.56 Å². The van der Waals surface area contributed by atoms with Gasteiger partial charge in [0.15, 0.2) is 0 Å². The molecule has 0 saturated heterocycles. The highest BCUT2D eigenvalue weighted by atomic mass is 16.1. The van der Waals surface area contributed by atoms with Crippen molar-refractivity contribution in [2.75, 3.05) is 18.4 Å². The molecule has 6 nitrogen and oxygen atoms in total. The van der Waals surface area contributed by atoms with Gasteiger partial charge in [-0.1, -0.05) is 32.0 Å². The summed E-state index contributed by atoms with van der Waals surface area (Å²) in [5.41, 5.74) is 2.89. The van der Waals surface area contributed by atoms with Crippen LogP contribution in [0.25, 0.3) is 10.9 Å². The van der Waals surface area contributed by atoms with Crippen LogP contribution in [0.5, 0.6) is 0 Å². The number of hydrogen-bond acceptors (Lipinski definition) is 4. The fraction of sp³-hybridized carbons (Fsp3) is 0.350. The van der Waals surface area contributed by atoms with Gasteiger partial charge in [-0.05, 0) is 30.4 Å². The Morgan fingerprint density at radius 2 is 1.92 bits per heavy atom. The van der Waals surface area contributed by atoms with E-state index in [2.05, 4.69) is 51.6 Å². The zero-order valence-electron chi connectivity index (χ0n) is 15.2. The van der Waals surface area contributed by atoms with Crippen molar-refractivity contribution >= 4 is 22.8 Å². The van der Waals surface area contributed by atoms with Crippen LogP contribution in [0.15, 0.2) is 42.9 Å². The zero-order valence-corrected chi connectivity index (χ0v) is 15.2. The van der Waals surface area contributed by atoms with E-state index in [4.69, 9.17) is 0 Å². The summed E-state index contributed by atoms with van der Waals surface area (Å²) < 4.78 is 0. The first-order chi connectivity index (χ1) is 12.6. The van der Waals surface area contributed by atoms with E-state index in [1.807, 2.05) is 18.3 Å². The highest BCUT2D eigenvalue weighted by Gasteiger charge is 2.07. The van der Waals surface area contributed by atoms with Crippen molar-refractivity contribution in [3.05, 3.63) is 54.0 Å². The van der Waals surface area contributed by atoms with E-state index < -0.39 is 0 Å². The predicted octanol–water partition coefficient (Wildman–Crippen LogP) is 3.39. The molecule has 0 aliphatic carbocycles. The Balaban J connectivity index is 1.49. The second-order valence-corrected chi connectivity index (χ2v) is 6.77. The molecule has 0 atom stereocenters. The van der Waals surface area contributed by atoms with E-state index in [9.17, 15) is 4.79 Å². The number of H-pyrrole nitrogens is 1. The van der Waals surface area contributed by atoms with Gasteiger partial charge in [0.1, 0.15) is 0 Å². The van der Waals surface area contributed by atoms with Crippen molar-refractivity contribution in [1.82, 2.24) is 20.3 Å². The topological polar surface area (TPSA) is 82.7 Å². The molecule has 3 N–H and O–H groups in total. The van der Waals surface area contributed by atoms with E-state index in [0.717, 1.165) is 24.9 Å². The van der Waals surface area contributed by atoms with Gasteiger partial charge in [0.2, 0.25) is 5.95 Å². The quantitative estimate of drug-likeness (QED) is 0.581. The number of carbonyl (C=O) groups is 1. The molecule has 0 aliphatic rings. The third-order valence-electron chi connectivity index (χ3n) is 4.27. The molecule has 1 amide bonds. The Morgan fingerprint density at radius 3 is 2.69 bits per heavy atom. The lowest BCUT2D eigenvalue weighted by molar-refractivity contribution is 0.0951. The molecule has 26 heavy (non-hydrogen) atoms. The molecular formula is C20H25N5O. The second-order valence-electron chi connectivity index (χ2n) is 6.77. The predicted molar refractivity (Wildman–Crippen MR) is 104 cm³/mol. The molecule has 0 aliphatic heterocycles. The third-order valence-corrected chi connectivity index (χ3v) is 4.27. The summed E-state index contributed by atoms with van der Waals surface area (Å²) in [6.45, 7) is 5.65. The van der Waals surface area contributed by atoms with Crippen molar-refractivity contribution < 1.29 is 4.79 Å². The average molecular weight is 351 g/mol. The maximum absolute atomic E-state index is 12.0. The van der Waals surface area contributed by atoms with Gasteiger partial charge in [0.25, 0.3) is 5.91 Å². The van der Waals surface area contributed by atoms with Crippen LogP contribution in [0.4, 0.5) is 5.95 Å². The molecule has 2 heterocycles. The van der Waals surface area contributed by atoms with Crippen LogP contribution in [0.2, 0.25) is 0 Å². The fourth-order valence-electron chi connectivity index (χ4n) is 2.76. The Bertz CT molecular complexity index is 854. The van der Waals surface area contributed by atoms with Crippen LogP contribution in [0.3, 0.4) is 0 Å². The number of benzene rings is 1. The summed E-state index contributed by atoms with van der Waals surface area (Å²) in [6, 6.07) is 8.25. The first-order valence-corrected chi connectivity index (χ1v) is 9.02. The number of nitrogens with zero attached hydrogens (tertiary/aromatic N) is 2. The number of nitrogens with one attached hydrogen (secondary N) is 3. The van der Waals surface area contributed by atoms with E-state index in [1.165, 1.54) is 10.9 Å². The lowest BCUT2D eigenvalue weighted by Crippen LogP contribution is -2.25. The number of fused-ring (bicyclic) bond motifs is 1. The number of aromatic amines is 1. The van der Waals surface area contributed by atoms with Crippen molar-refractivity contribution in [3.63, 3.8) is 0 Å². The molecule has 3 aromatic rings. The summed E-state index contributed by atoms with van der Waals surface area (Å²) in [4.78, 5) is 23.8. The van der Waals surface area contributed by atoms with Gasteiger partial charge in [0, 0.05) is 42.6 Å². The first-order valence-electron chi connectivity index (χ1n) is 9.02. The Hall–Kier alpha value is -2.89. The Morgan fingerprint density at radius 1 is 1.15 bits per heavy atom. The van der Waals surface area contributed by atoms with Gasteiger partial charge in [-0.3, -0.25) is 4.79 Å².